The summed E-state index contributed by atoms with van der Waals surface area (Å²) in [5.74, 6) is -0.112. The summed E-state index contributed by atoms with van der Waals surface area (Å²) in [4.78, 5) is 12.2. The van der Waals surface area contributed by atoms with E-state index >= 15 is 0 Å². The molecule has 1 atom stereocenters. The number of nitrogens with one attached hydrogen (secondary N) is 1. The highest BCUT2D eigenvalue weighted by atomic mass is 16.2. The molecule has 0 saturated heterocycles. The molecular weight excluding hydrogens is 262 g/mol. The minimum Gasteiger partial charge on any atom is -0.392 e. The molecule has 21 heavy (non-hydrogen) atoms. The zero-order valence-corrected chi connectivity index (χ0v) is 11.8. The molecule has 3 heteroatoms. The molecule has 0 spiro atoms. The Hall–Kier alpha value is -2.39. The molecule has 2 rings (SSSR count). The Kier molecular flexibility index (Phi) is 5.73. The van der Waals surface area contributed by atoms with Crippen molar-refractivity contribution in [3.8, 4) is 0 Å². The van der Waals surface area contributed by atoms with E-state index in [9.17, 15) is 4.79 Å². The summed E-state index contributed by atoms with van der Waals surface area (Å²) in [7, 11) is 0. The largest absolute Gasteiger partial charge is 0.392 e. The first-order valence-electron chi connectivity index (χ1n) is 6.97. The van der Waals surface area contributed by atoms with Crippen LogP contribution in [0.25, 0.3) is 0 Å². The minimum absolute atomic E-state index is 0.0352. The van der Waals surface area contributed by atoms with Crippen LogP contribution < -0.4 is 5.32 Å². The van der Waals surface area contributed by atoms with Crippen LogP contribution in [0.3, 0.4) is 0 Å². The molecule has 0 saturated carbocycles. The van der Waals surface area contributed by atoms with Crippen LogP contribution in [-0.4, -0.2) is 23.7 Å². The van der Waals surface area contributed by atoms with E-state index in [4.69, 9.17) is 5.11 Å². The summed E-state index contributed by atoms with van der Waals surface area (Å²) in [6, 6.07) is 18.9. The number of hydrogen-bond acceptors (Lipinski definition) is 2. The minimum atomic E-state index is -0.146. The van der Waals surface area contributed by atoms with Crippen molar-refractivity contribution in [3.05, 3.63) is 83.9 Å². The van der Waals surface area contributed by atoms with Gasteiger partial charge in [-0.2, -0.15) is 0 Å². The van der Waals surface area contributed by atoms with E-state index in [1.165, 1.54) is 0 Å². The molecular formula is C18H19NO2. The van der Waals surface area contributed by atoms with Gasteiger partial charge in [0.25, 0.3) is 5.91 Å². The number of benzene rings is 2. The fourth-order valence-electron chi connectivity index (χ4n) is 2.10. The summed E-state index contributed by atoms with van der Waals surface area (Å²) < 4.78 is 0. The fourth-order valence-corrected chi connectivity index (χ4v) is 2.10. The maximum atomic E-state index is 12.2. The Balaban J connectivity index is 2.06. The van der Waals surface area contributed by atoms with Crippen LogP contribution in [0.5, 0.6) is 0 Å². The normalized spacial score (nSPS) is 12.2. The van der Waals surface area contributed by atoms with Gasteiger partial charge >= 0.3 is 0 Å². The number of rotatable bonds is 6. The van der Waals surface area contributed by atoms with Gasteiger partial charge < -0.3 is 10.4 Å². The quantitative estimate of drug-likeness (QED) is 0.800. The molecule has 0 bridgehead atoms. The number of hydrogen-bond donors (Lipinski definition) is 2. The van der Waals surface area contributed by atoms with E-state index < -0.39 is 0 Å². The predicted octanol–water partition coefficient (Wildman–Crippen LogP) is 2.58. The van der Waals surface area contributed by atoms with Gasteiger partial charge in [0.15, 0.2) is 0 Å². The zero-order chi connectivity index (χ0) is 14.9. The van der Waals surface area contributed by atoms with E-state index in [0.29, 0.717) is 12.0 Å². The van der Waals surface area contributed by atoms with Gasteiger partial charge in [-0.15, -0.1) is 0 Å². The Morgan fingerprint density at radius 2 is 1.67 bits per heavy atom. The van der Waals surface area contributed by atoms with Gasteiger partial charge in [-0.3, -0.25) is 4.79 Å². The van der Waals surface area contributed by atoms with Crippen molar-refractivity contribution < 1.29 is 9.90 Å². The first kappa shape index (κ1) is 15.0. The number of carbonyl (C=O) groups is 1. The van der Waals surface area contributed by atoms with Gasteiger partial charge in [0.05, 0.1) is 12.6 Å². The maximum absolute atomic E-state index is 12.2. The van der Waals surface area contributed by atoms with Gasteiger partial charge in [0.2, 0.25) is 0 Å². The molecule has 2 aromatic rings. The molecule has 108 valence electrons. The molecule has 0 heterocycles. The van der Waals surface area contributed by atoms with Crippen molar-refractivity contribution in [1.29, 1.82) is 0 Å². The maximum Gasteiger partial charge on any atom is 0.251 e. The van der Waals surface area contributed by atoms with Gasteiger partial charge in [0, 0.05) is 5.56 Å². The van der Waals surface area contributed by atoms with Crippen molar-refractivity contribution >= 4 is 5.91 Å². The second-order valence-corrected chi connectivity index (χ2v) is 4.75. The van der Waals surface area contributed by atoms with Crippen LogP contribution in [0, 0.1) is 0 Å². The third kappa shape index (κ3) is 4.89. The third-order valence-corrected chi connectivity index (χ3v) is 3.12. The first-order valence-corrected chi connectivity index (χ1v) is 6.97. The van der Waals surface area contributed by atoms with Gasteiger partial charge in [-0.05, 0) is 24.1 Å². The van der Waals surface area contributed by atoms with Crippen molar-refractivity contribution in [3.63, 3.8) is 0 Å². The Morgan fingerprint density at radius 1 is 1.05 bits per heavy atom. The lowest BCUT2D eigenvalue weighted by atomic mass is 10.0. The summed E-state index contributed by atoms with van der Waals surface area (Å²) >= 11 is 0. The molecule has 2 aromatic carbocycles. The number of carbonyl (C=O) groups excluding carboxylic acids is 1. The fraction of sp³-hybridized carbons (Fsp3) is 0.167. The second kappa shape index (κ2) is 8.02. The molecule has 0 unspecified atom stereocenters. The van der Waals surface area contributed by atoms with Crippen molar-refractivity contribution in [2.75, 3.05) is 6.61 Å². The summed E-state index contributed by atoms with van der Waals surface area (Å²) in [5, 5.41) is 11.9. The van der Waals surface area contributed by atoms with E-state index in [0.717, 1.165) is 5.56 Å². The highest BCUT2D eigenvalue weighted by molar-refractivity contribution is 5.94. The Bertz CT molecular complexity index is 579. The van der Waals surface area contributed by atoms with Gasteiger partial charge in [-0.25, -0.2) is 0 Å². The van der Waals surface area contributed by atoms with Crippen LogP contribution in [0.2, 0.25) is 0 Å². The standard InChI is InChI=1S/C18H19NO2/c20-13-7-12-17(14-15-8-3-1-4-9-15)19-18(21)16-10-5-2-6-11-16/h1-12,17,20H,13-14H2,(H,19,21)/b12-7+/t17-/m1/s1. The average Bonchev–Trinajstić information content (AvgIpc) is 2.54. The third-order valence-electron chi connectivity index (χ3n) is 3.12. The molecule has 1 amide bonds. The lowest BCUT2D eigenvalue weighted by molar-refractivity contribution is 0.0944. The van der Waals surface area contributed by atoms with Crippen molar-refractivity contribution in [1.82, 2.24) is 5.32 Å². The highest BCUT2D eigenvalue weighted by Crippen LogP contribution is 2.06. The molecule has 0 radical (unpaired) electrons. The second-order valence-electron chi connectivity index (χ2n) is 4.75. The first-order chi connectivity index (χ1) is 10.3. The summed E-state index contributed by atoms with van der Waals surface area (Å²) in [5.41, 5.74) is 1.77. The zero-order valence-electron chi connectivity index (χ0n) is 11.8. The van der Waals surface area contributed by atoms with Crippen LogP contribution in [0.1, 0.15) is 15.9 Å². The molecule has 0 aliphatic heterocycles. The van der Waals surface area contributed by atoms with Crippen LogP contribution in [0.15, 0.2) is 72.8 Å². The summed E-state index contributed by atoms with van der Waals surface area (Å²) in [6.45, 7) is -0.0352. The number of aliphatic hydroxyl groups is 1. The summed E-state index contributed by atoms with van der Waals surface area (Å²) in [6.07, 6.45) is 4.17. The molecule has 0 aliphatic rings. The topological polar surface area (TPSA) is 49.3 Å². The van der Waals surface area contributed by atoms with E-state index in [1.54, 1.807) is 18.2 Å². The van der Waals surface area contributed by atoms with Crippen LogP contribution in [0.4, 0.5) is 0 Å². The lowest BCUT2D eigenvalue weighted by Crippen LogP contribution is -2.35. The van der Waals surface area contributed by atoms with Crippen molar-refractivity contribution in [2.45, 2.75) is 12.5 Å². The van der Waals surface area contributed by atoms with E-state index in [2.05, 4.69) is 5.32 Å². The van der Waals surface area contributed by atoms with Gasteiger partial charge in [-0.1, -0.05) is 60.7 Å². The monoisotopic (exact) mass is 281 g/mol. The Morgan fingerprint density at radius 3 is 2.29 bits per heavy atom. The Labute approximate surface area is 124 Å². The van der Waals surface area contributed by atoms with Crippen LogP contribution in [-0.2, 0) is 6.42 Å². The molecule has 2 N–H and O–H groups in total. The molecule has 3 nitrogen and oxygen atoms in total. The predicted molar refractivity (Wildman–Crippen MR) is 84.1 cm³/mol. The van der Waals surface area contributed by atoms with E-state index in [-0.39, 0.29) is 18.6 Å². The molecule has 0 aliphatic carbocycles. The number of aliphatic hydroxyl groups excluding tert-OH is 1. The smallest absolute Gasteiger partial charge is 0.251 e. The van der Waals surface area contributed by atoms with Gasteiger partial charge in [0.1, 0.15) is 0 Å². The average molecular weight is 281 g/mol. The molecule has 0 fully saturated rings. The number of amides is 1. The SMILES string of the molecule is O=C(N[C@H](/C=C/CO)Cc1ccccc1)c1ccccc1. The molecule has 0 aromatic heterocycles. The van der Waals surface area contributed by atoms with Crippen molar-refractivity contribution in [2.24, 2.45) is 0 Å². The van der Waals surface area contributed by atoms with Crippen LogP contribution >= 0.6 is 0 Å². The lowest BCUT2D eigenvalue weighted by Gasteiger charge is -2.15. The highest BCUT2D eigenvalue weighted by Gasteiger charge is 2.11. The van der Waals surface area contributed by atoms with E-state index in [1.807, 2.05) is 54.6 Å².